The average molecular weight is 519 g/mol. The van der Waals surface area contributed by atoms with Crippen LogP contribution in [0.2, 0.25) is 0 Å². The molecule has 0 spiro atoms. The van der Waals surface area contributed by atoms with Crippen molar-refractivity contribution < 1.29 is 31.5 Å². The molecule has 0 aliphatic carbocycles. The van der Waals surface area contributed by atoms with Crippen LogP contribution in [-0.2, 0) is 39.0 Å². The maximum Gasteiger partial charge on any atom is 0.261 e. The van der Waals surface area contributed by atoms with E-state index < -0.39 is 21.7 Å². The molecule has 0 aliphatic heterocycles. The van der Waals surface area contributed by atoms with E-state index in [0.29, 0.717) is 18.4 Å². The molecule has 0 bridgehead atoms. The zero-order valence-corrected chi connectivity index (χ0v) is 20.6. The molecule has 3 rings (SSSR count). The Morgan fingerprint density at radius 2 is 1.61 bits per heavy atom. The van der Waals surface area contributed by atoms with Gasteiger partial charge in [-0.1, -0.05) is 24.3 Å². The largest absolute Gasteiger partial charge is 0.494 e. The molecule has 0 radical (unpaired) electrons. The van der Waals surface area contributed by atoms with Crippen LogP contribution in [0, 0.1) is 11.6 Å². The fourth-order valence-corrected chi connectivity index (χ4v) is 4.65. The second kappa shape index (κ2) is 12.5. The number of sulfonamides is 1. The highest BCUT2D eigenvalue weighted by molar-refractivity contribution is 7.92. The molecule has 7 nitrogen and oxygen atoms in total. The molecule has 1 amide bonds. The molecular formula is C26H28F2N2O5S. The molecule has 36 heavy (non-hydrogen) atoms. The highest BCUT2D eigenvalue weighted by Crippen LogP contribution is 2.23. The summed E-state index contributed by atoms with van der Waals surface area (Å²) in [6, 6.07) is 15.0. The summed E-state index contributed by atoms with van der Waals surface area (Å²) >= 11 is 0. The van der Waals surface area contributed by atoms with Gasteiger partial charge in [0.2, 0.25) is 5.91 Å². The van der Waals surface area contributed by atoms with Crippen molar-refractivity contribution in [3.63, 3.8) is 0 Å². The molecule has 0 saturated carbocycles. The van der Waals surface area contributed by atoms with E-state index in [4.69, 9.17) is 15.2 Å². The first kappa shape index (κ1) is 27.1. The standard InChI is InChI=1S/C26H28F2N2O5S/c1-34-25-13-9-21(15-24(25)28)30-36(32,33)22-10-6-18(7-11-22)4-2-3-5-20-14-19(8-12-23(20)27)16-35-17-26(29)31/h6-15,30H,2-5,16-17H2,1H3,(H2,29,31). The maximum atomic E-state index is 14.1. The lowest BCUT2D eigenvalue weighted by Crippen LogP contribution is -2.17. The normalized spacial score (nSPS) is 11.3. The minimum absolute atomic E-state index is 0.0203. The zero-order chi connectivity index (χ0) is 26.1. The highest BCUT2D eigenvalue weighted by Gasteiger charge is 2.15. The van der Waals surface area contributed by atoms with Crippen molar-refractivity contribution in [2.45, 2.75) is 37.2 Å². The van der Waals surface area contributed by atoms with Crippen molar-refractivity contribution in [2.75, 3.05) is 18.4 Å². The van der Waals surface area contributed by atoms with E-state index in [1.54, 1.807) is 24.3 Å². The minimum atomic E-state index is -3.88. The monoisotopic (exact) mass is 518 g/mol. The number of anilines is 1. The Balaban J connectivity index is 1.51. The molecule has 0 aromatic heterocycles. The van der Waals surface area contributed by atoms with Gasteiger partial charge in [-0.15, -0.1) is 0 Å². The van der Waals surface area contributed by atoms with Gasteiger partial charge in [0.15, 0.2) is 11.6 Å². The summed E-state index contributed by atoms with van der Waals surface area (Å²) in [5.74, 6) is -1.51. The van der Waals surface area contributed by atoms with Crippen LogP contribution in [0.25, 0.3) is 0 Å². The molecule has 3 N–H and O–H groups in total. The van der Waals surface area contributed by atoms with E-state index in [-0.39, 0.29) is 35.4 Å². The van der Waals surface area contributed by atoms with Gasteiger partial charge in [-0.25, -0.2) is 17.2 Å². The number of hydrogen-bond donors (Lipinski definition) is 2. The van der Waals surface area contributed by atoms with Crippen molar-refractivity contribution >= 4 is 21.6 Å². The lowest BCUT2D eigenvalue weighted by Gasteiger charge is -2.10. The van der Waals surface area contributed by atoms with Gasteiger partial charge in [-0.05, 0) is 72.7 Å². The number of carbonyl (C=O) groups is 1. The molecule has 3 aromatic rings. The predicted octanol–water partition coefficient (Wildman–Crippen LogP) is 4.34. The van der Waals surface area contributed by atoms with Gasteiger partial charge in [0.05, 0.1) is 24.3 Å². The Bertz CT molecular complexity index is 1300. The summed E-state index contributed by atoms with van der Waals surface area (Å²) in [6.45, 7) is -0.0172. The average Bonchev–Trinajstić information content (AvgIpc) is 2.83. The number of primary amides is 1. The summed E-state index contributed by atoms with van der Waals surface area (Å²) < 4.78 is 65.6. The second-order valence-corrected chi connectivity index (χ2v) is 9.87. The van der Waals surface area contributed by atoms with Gasteiger partial charge in [-0.3, -0.25) is 9.52 Å². The van der Waals surface area contributed by atoms with Crippen molar-refractivity contribution in [2.24, 2.45) is 5.73 Å². The quantitative estimate of drug-likeness (QED) is 0.327. The van der Waals surface area contributed by atoms with Gasteiger partial charge in [-0.2, -0.15) is 0 Å². The first-order valence-electron chi connectivity index (χ1n) is 11.3. The molecular weight excluding hydrogens is 490 g/mol. The maximum absolute atomic E-state index is 14.1. The smallest absolute Gasteiger partial charge is 0.261 e. The fraction of sp³-hybridized carbons (Fsp3) is 0.269. The summed E-state index contributed by atoms with van der Waals surface area (Å²) in [4.78, 5) is 10.8. The van der Waals surface area contributed by atoms with E-state index in [2.05, 4.69) is 4.72 Å². The van der Waals surface area contributed by atoms with Crippen molar-refractivity contribution in [3.05, 3.63) is 89.0 Å². The fourth-order valence-electron chi connectivity index (χ4n) is 3.60. The van der Waals surface area contributed by atoms with Gasteiger partial charge in [0.25, 0.3) is 10.0 Å². The van der Waals surface area contributed by atoms with Crippen LogP contribution in [0.3, 0.4) is 0 Å². The number of hydrogen-bond acceptors (Lipinski definition) is 5. The number of nitrogens with two attached hydrogens (primary N) is 1. The minimum Gasteiger partial charge on any atom is -0.494 e. The molecule has 0 atom stereocenters. The summed E-state index contributed by atoms with van der Waals surface area (Å²) in [5, 5.41) is 0. The Hall–Kier alpha value is -3.50. The third-order valence-corrected chi connectivity index (χ3v) is 6.82. The van der Waals surface area contributed by atoms with E-state index in [9.17, 15) is 22.0 Å². The van der Waals surface area contributed by atoms with Crippen molar-refractivity contribution in [3.8, 4) is 5.75 Å². The third-order valence-electron chi connectivity index (χ3n) is 5.42. The Labute approximate surface area is 209 Å². The molecule has 0 fully saturated rings. The summed E-state index contributed by atoms with van der Waals surface area (Å²) in [6.07, 6.45) is 2.73. The van der Waals surface area contributed by atoms with Crippen LogP contribution in [-0.4, -0.2) is 28.0 Å². The molecule has 0 unspecified atom stereocenters. The van der Waals surface area contributed by atoms with Crippen molar-refractivity contribution in [1.29, 1.82) is 0 Å². The highest BCUT2D eigenvalue weighted by atomic mass is 32.2. The van der Waals surface area contributed by atoms with Crippen LogP contribution in [0.4, 0.5) is 14.5 Å². The molecule has 192 valence electrons. The van der Waals surface area contributed by atoms with Crippen LogP contribution in [0.1, 0.15) is 29.5 Å². The second-order valence-electron chi connectivity index (χ2n) is 8.19. The van der Waals surface area contributed by atoms with Gasteiger partial charge in [0, 0.05) is 6.07 Å². The number of benzene rings is 3. The van der Waals surface area contributed by atoms with E-state index in [1.165, 1.54) is 37.4 Å². The van der Waals surface area contributed by atoms with Crippen LogP contribution < -0.4 is 15.2 Å². The molecule has 0 aliphatic rings. The first-order chi connectivity index (χ1) is 17.2. The van der Waals surface area contributed by atoms with Gasteiger partial charge < -0.3 is 15.2 Å². The number of rotatable bonds is 13. The van der Waals surface area contributed by atoms with Crippen molar-refractivity contribution in [1.82, 2.24) is 0 Å². The van der Waals surface area contributed by atoms with Gasteiger partial charge in [0.1, 0.15) is 12.4 Å². The van der Waals surface area contributed by atoms with Crippen LogP contribution in [0.15, 0.2) is 65.6 Å². The number of amides is 1. The molecule has 10 heteroatoms. The molecule has 0 heterocycles. The number of aryl methyl sites for hydroxylation is 2. The SMILES string of the molecule is COc1ccc(NS(=O)(=O)c2ccc(CCCCc3cc(COCC(N)=O)ccc3F)cc2)cc1F. The summed E-state index contributed by atoms with van der Waals surface area (Å²) in [5.41, 5.74) is 7.40. The van der Waals surface area contributed by atoms with Crippen LogP contribution in [0.5, 0.6) is 5.75 Å². The topological polar surface area (TPSA) is 108 Å². The Morgan fingerprint density at radius 1 is 0.917 bits per heavy atom. The molecule has 3 aromatic carbocycles. The first-order valence-corrected chi connectivity index (χ1v) is 12.7. The van der Waals surface area contributed by atoms with E-state index >= 15 is 0 Å². The number of carbonyl (C=O) groups excluding carboxylic acids is 1. The van der Waals surface area contributed by atoms with E-state index in [0.717, 1.165) is 30.0 Å². The number of nitrogens with one attached hydrogen (secondary N) is 1. The lowest BCUT2D eigenvalue weighted by molar-refractivity contribution is -0.122. The van der Waals surface area contributed by atoms with Crippen LogP contribution >= 0.6 is 0 Å². The number of methoxy groups -OCH3 is 1. The number of halogens is 2. The predicted molar refractivity (Wildman–Crippen MR) is 132 cm³/mol. The third kappa shape index (κ3) is 7.76. The van der Waals surface area contributed by atoms with Gasteiger partial charge >= 0.3 is 0 Å². The number of unbranched alkanes of at least 4 members (excludes halogenated alkanes) is 1. The lowest BCUT2D eigenvalue weighted by atomic mass is 10.0. The Morgan fingerprint density at radius 3 is 2.28 bits per heavy atom. The number of ether oxygens (including phenoxy) is 2. The summed E-state index contributed by atoms with van der Waals surface area (Å²) in [7, 11) is -2.56. The molecule has 0 saturated heterocycles. The van der Waals surface area contributed by atoms with E-state index in [1.807, 2.05) is 0 Å². The zero-order valence-electron chi connectivity index (χ0n) is 19.8. The Kier molecular flexibility index (Phi) is 9.38.